The standard InChI is InChI=1S/C6H11NO6S/c1-13-6(10)2-3-7-14(11,12)4-5(8)9/h7H,2-4H2,1H3,(H,8,9). The van der Waals surface area contributed by atoms with E-state index in [1.54, 1.807) is 0 Å². The lowest BCUT2D eigenvalue weighted by atomic mass is 10.4. The Bertz CT molecular complexity index is 308. The number of hydrogen-bond donors (Lipinski definition) is 2. The summed E-state index contributed by atoms with van der Waals surface area (Å²) in [5.41, 5.74) is 0. The molecule has 0 saturated heterocycles. The van der Waals surface area contributed by atoms with Crippen LogP contribution in [0.1, 0.15) is 6.42 Å². The maximum absolute atomic E-state index is 10.9. The molecule has 2 N–H and O–H groups in total. The van der Waals surface area contributed by atoms with Crippen LogP contribution in [0.5, 0.6) is 0 Å². The van der Waals surface area contributed by atoms with Crippen molar-refractivity contribution in [3.63, 3.8) is 0 Å². The van der Waals surface area contributed by atoms with Crippen molar-refractivity contribution in [2.75, 3.05) is 19.4 Å². The third-order valence-corrected chi connectivity index (χ3v) is 2.46. The van der Waals surface area contributed by atoms with Gasteiger partial charge in [0.15, 0.2) is 5.75 Å². The van der Waals surface area contributed by atoms with E-state index in [-0.39, 0.29) is 13.0 Å². The van der Waals surface area contributed by atoms with Crippen molar-refractivity contribution in [3.8, 4) is 0 Å². The molecule has 0 bridgehead atoms. The molecule has 0 rings (SSSR count). The van der Waals surface area contributed by atoms with Crippen LogP contribution < -0.4 is 4.72 Å². The lowest BCUT2D eigenvalue weighted by Gasteiger charge is -2.02. The molecule has 0 aromatic heterocycles. The van der Waals surface area contributed by atoms with Gasteiger partial charge in [0.1, 0.15) is 0 Å². The average molecular weight is 225 g/mol. The van der Waals surface area contributed by atoms with Crippen molar-refractivity contribution in [1.82, 2.24) is 4.72 Å². The van der Waals surface area contributed by atoms with E-state index in [1.807, 2.05) is 4.72 Å². The second-order valence-corrected chi connectivity index (χ2v) is 4.18. The number of carbonyl (C=O) groups is 2. The molecule has 0 unspecified atom stereocenters. The Kier molecular flexibility index (Phi) is 5.10. The Morgan fingerprint density at radius 3 is 2.43 bits per heavy atom. The minimum absolute atomic E-state index is 0.130. The van der Waals surface area contributed by atoms with Gasteiger partial charge < -0.3 is 9.84 Å². The first kappa shape index (κ1) is 12.8. The van der Waals surface area contributed by atoms with E-state index in [1.165, 1.54) is 7.11 Å². The van der Waals surface area contributed by atoms with E-state index in [9.17, 15) is 18.0 Å². The van der Waals surface area contributed by atoms with Gasteiger partial charge in [-0.1, -0.05) is 0 Å². The number of nitrogens with one attached hydrogen (secondary N) is 1. The summed E-state index contributed by atoms with van der Waals surface area (Å²) in [5.74, 6) is -3.02. The number of carboxylic acids is 1. The average Bonchev–Trinajstić information content (AvgIpc) is 2.01. The summed E-state index contributed by atoms with van der Waals surface area (Å²) in [5, 5.41) is 8.19. The molecule has 0 aromatic rings. The summed E-state index contributed by atoms with van der Waals surface area (Å²) in [4.78, 5) is 20.6. The predicted molar refractivity (Wildman–Crippen MR) is 46.1 cm³/mol. The van der Waals surface area contributed by atoms with Gasteiger partial charge in [-0.15, -0.1) is 0 Å². The molecule has 0 radical (unpaired) electrons. The summed E-state index contributed by atoms with van der Waals surface area (Å²) in [6.45, 7) is -0.164. The molecule has 0 heterocycles. The normalized spacial score (nSPS) is 10.9. The quantitative estimate of drug-likeness (QED) is 0.535. The van der Waals surface area contributed by atoms with Crippen molar-refractivity contribution < 1.29 is 27.9 Å². The van der Waals surface area contributed by atoms with Crippen LogP contribution in [0, 0.1) is 0 Å². The molecular formula is C6H11NO6S. The summed E-state index contributed by atoms with van der Waals surface area (Å²) < 4.78 is 27.9. The van der Waals surface area contributed by atoms with Gasteiger partial charge in [0, 0.05) is 6.54 Å². The van der Waals surface area contributed by atoms with Crippen LogP contribution in [0.25, 0.3) is 0 Å². The van der Waals surface area contributed by atoms with Gasteiger partial charge in [0.2, 0.25) is 10.0 Å². The molecule has 0 aromatic carbocycles. The van der Waals surface area contributed by atoms with E-state index in [2.05, 4.69) is 4.74 Å². The molecule has 82 valence electrons. The first-order valence-electron chi connectivity index (χ1n) is 3.63. The van der Waals surface area contributed by atoms with E-state index < -0.39 is 27.7 Å². The highest BCUT2D eigenvalue weighted by molar-refractivity contribution is 7.90. The fourth-order valence-electron chi connectivity index (χ4n) is 0.624. The summed E-state index contributed by atoms with van der Waals surface area (Å²) in [7, 11) is -2.67. The monoisotopic (exact) mass is 225 g/mol. The van der Waals surface area contributed by atoms with E-state index in [4.69, 9.17) is 5.11 Å². The topological polar surface area (TPSA) is 110 Å². The minimum atomic E-state index is -3.84. The first-order chi connectivity index (χ1) is 6.37. The summed E-state index contributed by atoms with van der Waals surface area (Å²) in [6.07, 6.45) is -0.130. The van der Waals surface area contributed by atoms with Crippen molar-refractivity contribution in [2.24, 2.45) is 0 Å². The largest absolute Gasteiger partial charge is 0.480 e. The number of carboxylic acid groups (broad SMARTS) is 1. The molecule has 0 atom stereocenters. The van der Waals surface area contributed by atoms with Crippen LogP contribution in [0.4, 0.5) is 0 Å². The molecule has 7 nitrogen and oxygen atoms in total. The van der Waals surface area contributed by atoms with Crippen LogP contribution in [-0.4, -0.2) is 44.9 Å². The van der Waals surface area contributed by atoms with E-state index in [0.29, 0.717) is 0 Å². The summed E-state index contributed by atoms with van der Waals surface area (Å²) in [6, 6.07) is 0. The zero-order chi connectivity index (χ0) is 11.2. The minimum Gasteiger partial charge on any atom is -0.480 e. The van der Waals surface area contributed by atoms with Crippen molar-refractivity contribution >= 4 is 22.0 Å². The third kappa shape index (κ3) is 6.38. The number of sulfonamides is 1. The van der Waals surface area contributed by atoms with Gasteiger partial charge in [-0.05, 0) is 0 Å². The number of rotatable bonds is 6. The Hall–Kier alpha value is -1.15. The lowest BCUT2D eigenvalue weighted by molar-refractivity contribution is -0.140. The molecule has 0 saturated carbocycles. The molecule has 8 heteroatoms. The second kappa shape index (κ2) is 5.55. The van der Waals surface area contributed by atoms with Crippen LogP contribution in [0.2, 0.25) is 0 Å². The zero-order valence-electron chi connectivity index (χ0n) is 7.52. The Balaban J connectivity index is 3.89. The fourth-order valence-corrected chi connectivity index (χ4v) is 1.46. The highest BCUT2D eigenvalue weighted by atomic mass is 32.2. The van der Waals surface area contributed by atoms with Crippen LogP contribution >= 0.6 is 0 Å². The van der Waals surface area contributed by atoms with Crippen LogP contribution in [0.15, 0.2) is 0 Å². The van der Waals surface area contributed by atoms with E-state index >= 15 is 0 Å². The summed E-state index contributed by atoms with van der Waals surface area (Å²) >= 11 is 0. The number of esters is 1. The van der Waals surface area contributed by atoms with Gasteiger partial charge in [0.25, 0.3) is 0 Å². The van der Waals surface area contributed by atoms with Crippen molar-refractivity contribution in [2.45, 2.75) is 6.42 Å². The Morgan fingerprint density at radius 1 is 1.43 bits per heavy atom. The number of hydrogen-bond acceptors (Lipinski definition) is 5. The van der Waals surface area contributed by atoms with Crippen molar-refractivity contribution in [1.29, 1.82) is 0 Å². The number of aliphatic carboxylic acids is 1. The highest BCUT2D eigenvalue weighted by Crippen LogP contribution is 1.87. The van der Waals surface area contributed by atoms with Crippen molar-refractivity contribution in [3.05, 3.63) is 0 Å². The molecular weight excluding hydrogens is 214 g/mol. The second-order valence-electron chi connectivity index (χ2n) is 2.37. The molecule has 0 amide bonds. The maximum atomic E-state index is 10.9. The zero-order valence-corrected chi connectivity index (χ0v) is 8.33. The van der Waals surface area contributed by atoms with E-state index in [0.717, 1.165) is 0 Å². The SMILES string of the molecule is COC(=O)CCNS(=O)(=O)CC(=O)O. The molecule has 0 fully saturated rings. The lowest BCUT2D eigenvalue weighted by Crippen LogP contribution is -2.31. The fraction of sp³-hybridized carbons (Fsp3) is 0.667. The van der Waals surface area contributed by atoms with Gasteiger partial charge in [-0.25, -0.2) is 13.1 Å². The number of methoxy groups -OCH3 is 1. The van der Waals surface area contributed by atoms with Gasteiger partial charge in [0.05, 0.1) is 13.5 Å². The van der Waals surface area contributed by atoms with Gasteiger partial charge >= 0.3 is 11.9 Å². The smallest absolute Gasteiger partial charge is 0.320 e. The molecule has 0 spiro atoms. The number of ether oxygens (including phenoxy) is 1. The van der Waals surface area contributed by atoms with Gasteiger partial charge in [-0.2, -0.15) is 0 Å². The van der Waals surface area contributed by atoms with Gasteiger partial charge in [-0.3, -0.25) is 9.59 Å². The van der Waals surface area contributed by atoms with Crippen LogP contribution in [-0.2, 0) is 24.3 Å². The Morgan fingerprint density at radius 2 is 2.00 bits per heavy atom. The number of carbonyl (C=O) groups excluding carboxylic acids is 1. The van der Waals surface area contributed by atoms with Crippen LogP contribution in [0.3, 0.4) is 0 Å². The molecule has 0 aliphatic carbocycles. The molecule has 14 heavy (non-hydrogen) atoms. The highest BCUT2D eigenvalue weighted by Gasteiger charge is 2.15. The predicted octanol–water partition coefficient (Wildman–Crippen LogP) is -1.45. The molecule has 0 aliphatic rings. The molecule has 0 aliphatic heterocycles. The third-order valence-electron chi connectivity index (χ3n) is 1.19. The maximum Gasteiger partial charge on any atom is 0.320 e. The Labute approximate surface area is 81.1 Å². The first-order valence-corrected chi connectivity index (χ1v) is 5.28.